The van der Waals surface area contributed by atoms with Crippen molar-refractivity contribution in [2.45, 2.75) is 25.5 Å². The third kappa shape index (κ3) is 3.95. The molecule has 0 aliphatic carbocycles. The topological polar surface area (TPSA) is 41.6 Å². The molecule has 1 aromatic carbocycles. The van der Waals surface area contributed by atoms with Crippen molar-refractivity contribution in [1.82, 2.24) is 10.2 Å². The van der Waals surface area contributed by atoms with E-state index in [-0.39, 0.29) is 12.0 Å². The predicted octanol–water partition coefficient (Wildman–Crippen LogP) is 1.72. The molecule has 4 nitrogen and oxygen atoms in total. The fraction of sp³-hybridized carbons (Fsp3) is 0.533. The van der Waals surface area contributed by atoms with Gasteiger partial charge in [-0.1, -0.05) is 23.7 Å². The van der Waals surface area contributed by atoms with Crippen molar-refractivity contribution >= 4 is 17.5 Å². The summed E-state index contributed by atoms with van der Waals surface area (Å²) < 4.78 is 5.69. The van der Waals surface area contributed by atoms with E-state index in [0.717, 1.165) is 11.4 Å². The highest BCUT2D eigenvalue weighted by molar-refractivity contribution is 6.30. The van der Waals surface area contributed by atoms with Crippen LogP contribution in [0.2, 0.25) is 5.02 Å². The van der Waals surface area contributed by atoms with E-state index < -0.39 is 0 Å². The van der Waals surface area contributed by atoms with Crippen LogP contribution in [0.3, 0.4) is 0 Å². The smallest absolute Gasteiger partial charge is 0.250 e. The molecule has 20 heavy (non-hydrogen) atoms. The maximum absolute atomic E-state index is 11.8. The number of rotatable bonds is 4. The average Bonchev–Trinajstić information content (AvgIpc) is 2.43. The fourth-order valence-corrected chi connectivity index (χ4v) is 2.50. The first-order valence-electron chi connectivity index (χ1n) is 6.94. The van der Waals surface area contributed by atoms with E-state index in [9.17, 15) is 4.79 Å². The van der Waals surface area contributed by atoms with Crippen molar-refractivity contribution in [3.63, 3.8) is 0 Å². The van der Waals surface area contributed by atoms with Crippen molar-refractivity contribution in [3.8, 4) is 0 Å². The van der Waals surface area contributed by atoms with E-state index >= 15 is 0 Å². The number of carbonyl (C=O) groups is 1. The van der Waals surface area contributed by atoms with E-state index in [1.807, 2.05) is 38.2 Å². The number of amides is 1. The Bertz CT molecular complexity index is 450. The van der Waals surface area contributed by atoms with Gasteiger partial charge in [0.25, 0.3) is 0 Å². The average molecular weight is 297 g/mol. The van der Waals surface area contributed by atoms with Gasteiger partial charge in [-0.05, 0) is 38.1 Å². The van der Waals surface area contributed by atoms with Crippen LogP contribution in [0.1, 0.15) is 12.5 Å². The summed E-state index contributed by atoms with van der Waals surface area (Å²) in [6.45, 7) is 3.75. The van der Waals surface area contributed by atoms with Crippen LogP contribution >= 0.6 is 11.6 Å². The summed E-state index contributed by atoms with van der Waals surface area (Å²) in [6.07, 6.45) is 0.539. The van der Waals surface area contributed by atoms with Gasteiger partial charge >= 0.3 is 0 Å². The SMILES string of the molecule is CCNC(=O)[C@H]1CN(C)[C@@H](Cc2ccc(Cl)cc2)CO1. The lowest BCUT2D eigenvalue weighted by molar-refractivity contribution is -0.141. The number of hydrogen-bond donors (Lipinski definition) is 1. The van der Waals surface area contributed by atoms with Crippen LogP contribution in [0.4, 0.5) is 0 Å². The number of ether oxygens (including phenoxy) is 1. The molecule has 0 aromatic heterocycles. The highest BCUT2D eigenvalue weighted by Crippen LogP contribution is 2.17. The molecular formula is C15H21ClN2O2. The minimum absolute atomic E-state index is 0.0238. The van der Waals surface area contributed by atoms with Gasteiger partial charge in [-0.25, -0.2) is 0 Å². The molecular weight excluding hydrogens is 276 g/mol. The Labute approximate surface area is 125 Å². The van der Waals surface area contributed by atoms with Crippen LogP contribution in [-0.4, -0.2) is 49.7 Å². The number of morpholine rings is 1. The minimum Gasteiger partial charge on any atom is -0.365 e. The summed E-state index contributed by atoms with van der Waals surface area (Å²) in [5, 5.41) is 3.55. The Balaban J connectivity index is 1.90. The zero-order chi connectivity index (χ0) is 14.5. The number of carbonyl (C=O) groups excluding carboxylic acids is 1. The van der Waals surface area contributed by atoms with Crippen LogP contribution in [0.15, 0.2) is 24.3 Å². The first-order valence-corrected chi connectivity index (χ1v) is 7.32. The molecule has 0 radical (unpaired) electrons. The van der Waals surface area contributed by atoms with Gasteiger partial charge in [-0.2, -0.15) is 0 Å². The zero-order valence-electron chi connectivity index (χ0n) is 11.9. The van der Waals surface area contributed by atoms with Gasteiger partial charge < -0.3 is 10.1 Å². The Morgan fingerprint density at radius 3 is 2.75 bits per heavy atom. The number of nitrogens with zero attached hydrogens (tertiary/aromatic N) is 1. The second-order valence-electron chi connectivity index (χ2n) is 5.14. The molecule has 2 atom stereocenters. The van der Waals surface area contributed by atoms with Crippen LogP contribution < -0.4 is 5.32 Å². The molecule has 0 unspecified atom stereocenters. The first kappa shape index (κ1) is 15.3. The van der Waals surface area contributed by atoms with Crippen molar-refractivity contribution in [1.29, 1.82) is 0 Å². The second kappa shape index (κ2) is 7.07. The molecule has 0 spiro atoms. The normalized spacial score (nSPS) is 23.6. The van der Waals surface area contributed by atoms with Gasteiger partial charge in [0.05, 0.1) is 6.61 Å². The van der Waals surface area contributed by atoms with Crippen molar-refractivity contribution in [2.75, 3.05) is 26.7 Å². The van der Waals surface area contributed by atoms with E-state index in [1.165, 1.54) is 5.56 Å². The molecule has 1 saturated heterocycles. The van der Waals surface area contributed by atoms with E-state index in [2.05, 4.69) is 10.2 Å². The van der Waals surface area contributed by atoms with E-state index in [1.54, 1.807) is 0 Å². The molecule has 0 bridgehead atoms. The summed E-state index contributed by atoms with van der Waals surface area (Å²) in [6, 6.07) is 8.16. The summed E-state index contributed by atoms with van der Waals surface area (Å²) in [5.74, 6) is -0.0238. The molecule has 1 N–H and O–H groups in total. The van der Waals surface area contributed by atoms with Crippen LogP contribution in [0.5, 0.6) is 0 Å². The molecule has 5 heteroatoms. The molecule has 1 aliphatic rings. The third-order valence-corrected chi connectivity index (χ3v) is 3.85. The molecule has 1 aliphatic heterocycles. The van der Waals surface area contributed by atoms with Crippen molar-refractivity contribution < 1.29 is 9.53 Å². The van der Waals surface area contributed by atoms with E-state index in [0.29, 0.717) is 25.7 Å². The fourth-order valence-electron chi connectivity index (χ4n) is 2.37. The second-order valence-corrected chi connectivity index (χ2v) is 5.58. The van der Waals surface area contributed by atoms with Gasteiger partial charge in [-0.15, -0.1) is 0 Å². The maximum Gasteiger partial charge on any atom is 0.250 e. The number of nitrogens with one attached hydrogen (secondary N) is 1. The predicted molar refractivity (Wildman–Crippen MR) is 80.0 cm³/mol. The van der Waals surface area contributed by atoms with Crippen LogP contribution in [-0.2, 0) is 16.0 Å². The molecule has 1 aromatic rings. The standard InChI is InChI=1S/C15H21ClN2O2/c1-3-17-15(19)14-9-18(2)13(10-20-14)8-11-4-6-12(16)7-5-11/h4-7,13-14H,3,8-10H2,1-2H3,(H,17,19)/t13-,14+/m0/s1. The molecule has 2 rings (SSSR count). The quantitative estimate of drug-likeness (QED) is 0.920. The summed E-state index contributed by atoms with van der Waals surface area (Å²) in [4.78, 5) is 14.0. The lowest BCUT2D eigenvalue weighted by Gasteiger charge is -2.36. The molecule has 1 amide bonds. The van der Waals surface area contributed by atoms with Gasteiger partial charge in [0.1, 0.15) is 6.10 Å². The molecule has 1 fully saturated rings. The Kier molecular flexibility index (Phi) is 5.40. The zero-order valence-corrected chi connectivity index (χ0v) is 12.7. The van der Waals surface area contributed by atoms with Crippen molar-refractivity contribution in [2.24, 2.45) is 0 Å². The minimum atomic E-state index is -0.360. The van der Waals surface area contributed by atoms with Gasteiger partial charge in [0, 0.05) is 24.2 Å². The lowest BCUT2D eigenvalue weighted by Crippen LogP contribution is -2.53. The largest absolute Gasteiger partial charge is 0.365 e. The van der Waals surface area contributed by atoms with Crippen LogP contribution in [0, 0.1) is 0 Å². The van der Waals surface area contributed by atoms with E-state index in [4.69, 9.17) is 16.3 Å². The van der Waals surface area contributed by atoms with Crippen molar-refractivity contribution in [3.05, 3.63) is 34.9 Å². The lowest BCUT2D eigenvalue weighted by atomic mass is 10.0. The monoisotopic (exact) mass is 296 g/mol. The number of halogens is 1. The van der Waals surface area contributed by atoms with Crippen LogP contribution in [0.25, 0.3) is 0 Å². The Morgan fingerprint density at radius 2 is 2.15 bits per heavy atom. The van der Waals surface area contributed by atoms with Gasteiger partial charge in [0.15, 0.2) is 0 Å². The third-order valence-electron chi connectivity index (χ3n) is 3.59. The molecule has 0 saturated carbocycles. The molecule has 1 heterocycles. The molecule has 110 valence electrons. The Morgan fingerprint density at radius 1 is 1.45 bits per heavy atom. The first-order chi connectivity index (χ1) is 9.60. The number of benzene rings is 1. The Hall–Kier alpha value is -1.10. The number of hydrogen-bond acceptors (Lipinski definition) is 3. The van der Waals surface area contributed by atoms with Gasteiger partial charge in [0.2, 0.25) is 5.91 Å². The van der Waals surface area contributed by atoms with Gasteiger partial charge in [-0.3, -0.25) is 9.69 Å². The maximum atomic E-state index is 11.8. The number of likely N-dealkylation sites (N-methyl/N-ethyl adjacent to an activating group) is 2. The highest BCUT2D eigenvalue weighted by Gasteiger charge is 2.30. The summed E-state index contributed by atoms with van der Waals surface area (Å²) in [5.41, 5.74) is 1.23. The summed E-state index contributed by atoms with van der Waals surface area (Å²) >= 11 is 5.89. The highest BCUT2D eigenvalue weighted by atomic mass is 35.5. The summed E-state index contributed by atoms with van der Waals surface area (Å²) in [7, 11) is 2.04.